The normalized spacial score (nSPS) is 13.6. The maximum absolute atomic E-state index is 12.6. The molecule has 0 spiro atoms. The van der Waals surface area contributed by atoms with Crippen molar-refractivity contribution in [2.75, 3.05) is 6.54 Å². The molecular weight excluding hydrogens is 456 g/mol. The molecule has 0 bridgehead atoms. The Kier molecular flexibility index (Phi) is 9.21. The minimum atomic E-state index is -3.86. The second-order valence-corrected chi connectivity index (χ2v) is 10.00. The Balaban J connectivity index is 2.00. The third-order valence-corrected chi connectivity index (χ3v) is 6.50. The summed E-state index contributed by atoms with van der Waals surface area (Å²) in [5.41, 5.74) is 1.71. The molecule has 0 aliphatic heterocycles. The molecule has 2 rings (SSSR count). The van der Waals surface area contributed by atoms with Crippen LogP contribution in [0, 0.1) is 5.92 Å². The van der Waals surface area contributed by atoms with Gasteiger partial charge in [-0.25, -0.2) is 13.1 Å². The minimum Gasteiger partial charge on any atom is -0.480 e. The number of hydrogen-bond acceptors (Lipinski definition) is 5. The van der Waals surface area contributed by atoms with Crippen molar-refractivity contribution in [1.29, 1.82) is 0 Å². The van der Waals surface area contributed by atoms with E-state index in [1.165, 1.54) is 12.1 Å². The quantitative estimate of drug-likeness (QED) is 0.365. The van der Waals surface area contributed by atoms with Gasteiger partial charge < -0.3 is 10.2 Å². The molecular formula is C22H27ClN2O6S. The van der Waals surface area contributed by atoms with Crippen LogP contribution in [0.2, 0.25) is 5.02 Å². The molecule has 0 heterocycles. The SMILES string of the molecule is CC(C)C[C@H](NC(CCNS(=O)(=O)c1ccc(-c2ccc(Cl)cc2)cc1)C(=O)O)C(=O)O. The van der Waals surface area contributed by atoms with Crippen molar-refractivity contribution in [2.45, 2.75) is 43.7 Å². The van der Waals surface area contributed by atoms with Crippen LogP contribution in [0.3, 0.4) is 0 Å². The smallest absolute Gasteiger partial charge is 0.320 e. The number of benzene rings is 2. The lowest BCUT2D eigenvalue weighted by Gasteiger charge is -2.21. The van der Waals surface area contributed by atoms with Gasteiger partial charge in [-0.3, -0.25) is 14.9 Å². The van der Waals surface area contributed by atoms with E-state index in [0.717, 1.165) is 11.1 Å². The molecule has 174 valence electrons. The van der Waals surface area contributed by atoms with Crippen LogP contribution < -0.4 is 10.0 Å². The first-order chi connectivity index (χ1) is 15.0. The first-order valence-electron chi connectivity index (χ1n) is 10.1. The van der Waals surface area contributed by atoms with Gasteiger partial charge in [0.25, 0.3) is 0 Å². The van der Waals surface area contributed by atoms with Crippen molar-refractivity contribution in [3.8, 4) is 11.1 Å². The Morgan fingerprint density at radius 2 is 1.41 bits per heavy atom. The summed E-state index contributed by atoms with van der Waals surface area (Å²) in [7, 11) is -3.86. The van der Waals surface area contributed by atoms with Gasteiger partial charge in [-0.15, -0.1) is 0 Å². The highest BCUT2D eigenvalue weighted by atomic mass is 35.5. The van der Waals surface area contributed by atoms with E-state index in [-0.39, 0.29) is 30.2 Å². The molecule has 0 aliphatic carbocycles. The highest BCUT2D eigenvalue weighted by Crippen LogP contribution is 2.23. The van der Waals surface area contributed by atoms with Crippen LogP contribution in [0.5, 0.6) is 0 Å². The van der Waals surface area contributed by atoms with Crippen LogP contribution in [0.4, 0.5) is 0 Å². The monoisotopic (exact) mass is 482 g/mol. The van der Waals surface area contributed by atoms with Gasteiger partial charge in [0, 0.05) is 11.6 Å². The summed E-state index contributed by atoms with van der Waals surface area (Å²) >= 11 is 5.88. The summed E-state index contributed by atoms with van der Waals surface area (Å²) in [4.78, 5) is 22.9. The summed E-state index contributed by atoms with van der Waals surface area (Å²) in [6, 6.07) is 11.2. The lowest BCUT2D eigenvalue weighted by Crippen LogP contribution is -2.48. The van der Waals surface area contributed by atoms with Gasteiger partial charge in [-0.2, -0.15) is 0 Å². The molecule has 10 heteroatoms. The topological polar surface area (TPSA) is 133 Å². The maximum Gasteiger partial charge on any atom is 0.320 e. The molecule has 0 amide bonds. The van der Waals surface area contributed by atoms with Crippen molar-refractivity contribution in [2.24, 2.45) is 5.92 Å². The molecule has 0 fully saturated rings. The molecule has 2 aromatic rings. The number of halogens is 1. The second-order valence-electron chi connectivity index (χ2n) is 7.80. The molecule has 0 radical (unpaired) electrons. The summed E-state index contributed by atoms with van der Waals surface area (Å²) in [5.74, 6) is -2.34. The Morgan fingerprint density at radius 1 is 0.906 bits per heavy atom. The number of carboxylic acid groups (broad SMARTS) is 2. The summed E-state index contributed by atoms with van der Waals surface area (Å²) in [6.07, 6.45) is 0.143. The van der Waals surface area contributed by atoms with Gasteiger partial charge >= 0.3 is 11.9 Å². The van der Waals surface area contributed by atoms with Crippen LogP contribution in [-0.2, 0) is 19.6 Å². The number of rotatable bonds is 12. The molecule has 32 heavy (non-hydrogen) atoms. The average Bonchev–Trinajstić information content (AvgIpc) is 2.72. The lowest BCUT2D eigenvalue weighted by molar-refractivity contribution is -0.143. The standard InChI is InChI=1S/C22H27ClN2O6S/c1-14(2)13-20(22(28)29)25-19(21(26)27)11-12-24-32(30,31)18-9-5-16(6-10-18)15-3-7-17(23)8-4-15/h3-10,14,19-20,24-25H,11-13H2,1-2H3,(H,26,27)(H,28,29)/t19?,20-/m0/s1. The molecule has 0 aromatic heterocycles. The highest BCUT2D eigenvalue weighted by molar-refractivity contribution is 7.89. The van der Waals surface area contributed by atoms with Gasteiger partial charge in [0.2, 0.25) is 10.0 Å². The molecule has 2 atom stereocenters. The molecule has 0 aliphatic rings. The van der Waals surface area contributed by atoms with Gasteiger partial charge in [0.1, 0.15) is 12.1 Å². The minimum absolute atomic E-state index is 0.0401. The van der Waals surface area contributed by atoms with Gasteiger partial charge in [0.15, 0.2) is 0 Å². The summed E-state index contributed by atoms with van der Waals surface area (Å²) in [6.45, 7) is 3.50. The number of sulfonamides is 1. The molecule has 4 N–H and O–H groups in total. The maximum atomic E-state index is 12.6. The third-order valence-electron chi connectivity index (χ3n) is 4.77. The number of aliphatic carboxylic acids is 2. The van der Waals surface area contributed by atoms with Crippen LogP contribution in [0.25, 0.3) is 11.1 Å². The first-order valence-corrected chi connectivity index (χ1v) is 11.9. The van der Waals surface area contributed by atoms with Crippen LogP contribution in [0.1, 0.15) is 26.7 Å². The van der Waals surface area contributed by atoms with Gasteiger partial charge in [0.05, 0.1) is 4.90 Å². The number of carboxylic acids is 2. The summed E-state index contributed by atoms with van der Waals surface area (Å²) in [5, 5.41) is 21.9. The zero-order valence-corrected chi connectivity index (χ0v) is 19.4. The van der Waals surface area contributed by atoms with Crippen molar-refractivity contribution >= 4 is 33.6 Å². The Morgan fingerprint density at radius 3 is 1.88 bits per heavy atom. The van der Waals surface area contributed by atoms with E-state index in [1.54, 1.807) is 24.3 Å². The van der Waals surface area contributed by atoms with E-state index < -0.39 is 34.0 Å². The fourth-order valence-electron chi connectivity index (χ4n) is 3.12. The number of carbonyl (C=O) groups is 2. The van der Waals surface area contributed by atoms with Crippen LogP contribution >= 0.6 is 11.6 Å². The van der Waals surface area contributed by atoms with Crippen molar-refractivity contribution < 1.29 is 28.2 Å². The van der Waals surface area contributed by atoms with E-state index in [2.05, 4.69) is 10.0 Å². The zero-order valence-electron chi connectivity index (χ0n) is 17.8. The van der Waals surface area contributed by atoms with E-state index in [1.807, 2.05) is 26.0 Å². The van der Waals surface area contributed by atoms with E-state index in [4.69, 9.17) is 11.6 Å². The van der Waals surface area contributed by atoms with E-state index in [9.17, 15) is 28.2 Å². The van der Waals surface area contributed by atoms with Crippen LogP contribution in [0.15, 0.2) is 53.4 Å². The fourth-order valence-corrected chi connectivity index (χ4v) is 4.30. The molecule has 8 nitrogen and oxygen atoms in total. The predicted octanol–water partition coefficient (Wildman–Crippen LogP) is 3.22. The fraction of sp³-hybridized carbons (Fsp3) is 0.364. The van der Waals surface area contributed by atoms with Crippen molar-refractivity contribution in [1.82, 2.24) is 10.0 Å². The molecule has 1 unspecified atom stereocenters. The van der Waals surface area contributed by atoms with Gasteiger partial charge in [-0.05, 0) is 54.2 Å². The number of hydrogen-bond donors (Lipinski definition) is 4. The predicted molar refractivity (Wildman–Crippen MR) is 122 cm³/mol. The molecule has 0 saturated heterocycles. The van der Waals surface area contributed by atoms with Crippen molar-refractivity contribution in [3.63, 3.8) is 0 Å². The first kappa shape index (κ1) is 25.8. The Bertz CT molecular complexity index is 1020. The zero-order chi connectivity index (χ0) is 23.9. The van der Waals surface area contributed by atoms with Gasteiger partial charge in [-0.1, -0.05) is 49.7 Å². The third kappa shape index (κ3) is 7.59. The second kappa shape index (κ2) is 11.4. The average molecular weight is 483 g/mol. The number of nitrogens with one attached hydrogen (secondary N) is 2. The molecule has 2 aromatic carbocycles. The Hall–Kier alpha value is -2.46. The largest absolute Gasteiger partial charge is 0.480 e. The summed E-state index contributed by atoms with van der Waals surface area (Å²) < 4.78 is 27.5. The molecule has 0 saturated carbocycles. The van der Waals surface area contributed by atoms with E-state index in [0.29, 0.717) is 5.02 Å². The highest BCUT2D eigenvalue weighted by Gasteiger charge is 2.27. The Labute approximate surface area is 192 Å². The van der Waals surface area contributed by atoms with E-state index >= 15 is 0 Å². The lowest BCUT2D eigenvalue weighted by atomic mass is 10.0. The van der Waals surface area contributed by atoms with Crippen LogP contribution in [-0.4, -0.2) is 49.2 Å². The van der Waals surface area contributed by atoms with Crippen molar-refractivity contribution in [3.05, 3.63) is 53.6 Å².